The number of hydrogen-bond acceptors (Lipinski definition) is 0. The van der Waals surface area contributed by atoms with Gasteiger partial charge in [0, 0.05) is 0 Å². The Morgan fingerprint density at radius 3 is 0.870 bits per heavy atom. The van der Waals surface area contributed by atoms with E-state index >= 15 is 0 Å². The number of hydrogen-bond donors (Lipinski definition) is 0. The molecular weight excluding hydrogens is 726 g/mol. The van der Waals surface area contributed by atoms with E-state index in [0.29, 0.717) is 0 Å². The molecule has 5 heteroatoms. The first kappa shape index (κ1) is 39.0. The number of allylic oxidation sites excluding steroid dienone is 2. The topological polar surface area (TPSA) is 0 Å². The summed E-state index contributed by atoms with van der Waals surface area (Å²) < 4.78 is 0. The van der Waals surface area contributed by atoms with E-state index in [1.165, 1.54) is 205 Å². The summed E-state index contributed by atoms with van der Waals surface area (Å²) >= 11 is 18.0. The molecule has 0 heterocycles. The fourth-order valence-electron chi connectivity index (χ4n) is 13.5. The second kappa shape index (κ2) is 17.1. The summed E-state index contributed by atoms with van der Waals surface area (Å²) in [6.07, 6.45) is 48.9. The van der Waals surface area contributed by atoms with Gasteiger partial charge in [-0.25, -0.2) is 0 Å². The standard InChI is InChI=1S/C41H74Cl2P2.Ru/c1-35(34-45(43,39-26-14-5-15-27-39,40-28-16-6-17-29-40)41-30-18-7-19-31-41)32-33-44(42,36-20-8-2-9-21-36,37-22-10-3-11-23-37)38-24-12-4-13-25-38;/h32,36-41H,2-31,33-34H2,1H3;/q;+2. The van der Waals surface area contributed by atoms with Crippen molar-refractivity contribution in [1.29, 1.82) is 0 Å². The van der Waals surface area contributed by atoms with Crippen LogP contribution in [0.4, 0.5) is 0 Å². The van der Waals surface area contributed by atoms with E-state index in [9.17, 15) is 0 Å². The third-order valence-electron chi connectivity index (χ3n) is 15.8. The fraction of sp³-hybridized carbons (Fsp3) is 0.951. The third kappa shape index (κ3) is 7.49. The Bertz CT molecular complexity index is 864. The molecule has 0 aromatic heterocycles. The van der Waals surface area contributed by atoms with Gasteiger partial charge >= 0.3 is 311 Å². The molecule has 6 aliphatic carbocycles. The van der Waals surface area contributed by atoms with Gasteiger partial charge in [0.05, 0.1) is 0 Å². The van der Waals surface area contributed by atoms with E-state index in [-0.39, 0.29) is 19.5 Å². The maximum atomic E-state index is 9.03. The van der Waals surface area contributed by atoms with Crippen molar-refractivity contribution >= 4 is 34.4 Å². The summed E-state index contributed by atoms with van der Waals surface area (Å²) in [5.74, 6) is -5.08. The summed E-state index contributed by atoms with van der Waals surface area (Å²) in [6, 6.07) is 0. The van der Waals surface area contributed by atoms with Gasteiger partial charge in [-0.2, -0.15) is 0 Å². The van der Waals surface area contributed by atoms with Gasteiger partial charge in [-0.05, 0) is 0 Å². The quantitative estimate of drug-likeness (QED) is 0.117. The Morgan fingerprint density at radius 2 is 0.630 bits per heavy atom. The maximum Gasteiger partial charge on any atom is 2.00 e. The van der Waals surface area contributed by atoms with Crippen molar-refractivity contribution in [3.63, 3.8) is 0 Å². The van der Waals surface area contributed by atoms with Crippen LogP contribution in [0.25, 0.3) is 0 Å². The van der Waals surface area contributed by atoms with Crippen molar-refractivity contribution in [2.45, 2.75) is 234 Å². The predicted molar refractivity (Wildman–Crippen MR) is 210 cm³/mol. The van der Waals surface area contributed by atoms with Crippen LogP contribution in [0.3, 0.4) is 0 Å². The van der Waals surface area contributed by atoms with Gasteiger partial charge in [-0.1, -0.05) is 0 Å². The van der Waals surface area contributed by atoms with E-state index < -0.39 is 11.9 Å². The van der Waals surface area contributed by atoms with E-state index in [2.05, 4.69) is 13.0 Å². The molecule has 0 bridgehead atoms. The molecule has 0 spiro atoms. The maximum absolute atomic E-state index is 9.03. The molecule has 0 aromatic carbocycles. The predicted octanol–water partition coefficient (Wildman–Crippen LogP) is 15.3. The first-order chi connectivity index (χ1) is 21.9. The van der Waals surface area contributed by atoms with Gasteiger partial charge in [-0.15, -0.1) is 0 Å². The van der Waals surface area contributed by atoms with Crippen molar-refractivity contribution in [2.75, 3.05) is 12.3 Å². The van der Waals surface area contributed by atoms with Crippen LogP contribution in [0.2, 0.25) is 0 Å². The Hall–Kier alpha value is 1.80. The van der Waals surface area contributed by atoms with Crippen LogP contribution < -0.4 is 0 Å². The molecule has 0 aliphatic heterocycles. The van der Waals surface area contributed by atoms with Gasteiger partial charge < -0.3 is 0 Å². The van der Waals surface area contributed by atoms with Crippen LogP contribution in [-0.2, 0) is 19.5 Å². The Kier molecular flexibility index (Phi) is 14.5. The zero-order chi connectivity index (χ0) is 31.3. The molecular formula is C41H74Cl2P2Ru+2. The second-order valence-corrected chi connectivity index (χ2v) is 33.6. The molecule has 0 amide bonds. The molecule has 6 rings (SSSR count). The molecule has 46 heavy (non-hydrogen) atoms. The van der Waals surface area contributed by atoms with Crippen molar-refractivity contribution in [3.05, 3.63) is 11.6 Å². The summed E-state index contributed by atoms with van der Waals surface area (Å²) in [5.41, 5.74) is 6.74. The molecule has 0 saturated heterocycles. The average Bonchev–Trinajstić information content (AvgIpc) is 3.13. The molecule has 268 valence electrons. The van der Waals surface area contributed by atoms with Crippen LogP contribution in [0.15, 0.2) is 11.6 Å². The fourth-order valence-corrected chi connectivity index (χ4v) is 34.1. The van der Waals surface area contributed by atoms with Gasteiger partial charge in [0.25, 0.3) is 0 Å². The smallest absolute Gasteiger partial charge is 2.00 e. The Labute approximate surface area is 309 Å². The SMILES string of the molecule is CC(=CCP(Cl)(C1CCCCC1)(C1CCCCC1)C1CCCCC1)CP(Cl)(C1CCCCC1)(C1CCCCC1)C1CCCCC1.[Ru+2]. The van der Waals surface area contributed by atoms with Gasteiger partial charge in [0.15, 0.2) is 0 Å². The second-order valence-electron chi connectivity index (χ2n) is 18.0. The third-order valence-corrected chi connectivity index (χ3v) is 36.5. The van der Waals surface area contributed by atoms with E-state index in [1.54, 1.807) is 5.57 Å². The molecule has 0 atom stereocenters. The zero-order valence-corrected chi connectivity index (χ0v) is 35.2. The van der Waals surface area contributed by atoms with E-state index in [4.69, 9.17) is 22.5 Å². The normalized spacial score (nSPS) is 28.9. The molecule has 0 N–H and O–H groups in total. The molecule has 0 radical (unpaired) electrons. The van der Waals surface area contributed by atoms with Crippen LogP contribution in [-0.4, -0.2) is 46.3 Å². The van der Waals surface area contributed by atoms with E-state index in [1.807, 2.05) is 0 Å². The molecule has 6 saturated carbocycles. The van der Waals surface area contributed by atoms with Gasteiger partial charge in [0.1, 0.15) is 0 Å². The first-order valence-corrected chi connectivity index (χ1v) is 28.0. The molecule has 0 unspecified atom stereocenters. The number of halogens is 2. The van der Waals surface area contributed by atoms with Crippen molar-refractivity contribution in [2.24, 2.45) is 0 Å². The molecule has 0 aromatic rings. The van der Waals surface area contributed by atoms with Crippen molar-refractivity contribution in [1.82, 2.24) is 0 Å². The summed E-state index contributed by atoms with van der Waals surface area (Å²) in [6.45, 7) is 2.60. The molecule has 6 aliphatic rings. The Morgan fingerprint density at radius 1 is 0.413 bits per heavy atom. The monoisotopic (exact) mass is 800 g/mol. The molecule has 6 fully saturated rings. The minimum absolute atomic E-state index is 0. The minimum Gasteiger partial charge on any atom is 2.00 e. The molecule has 0 nitrogen and oxygen atoms in total. The summed E-state index contributed by atoms with van der Waals surface area (Å²) in [7, 11) is 0. The van der Waals surface area contributed by atoms with Crippen LogP contribution >= 0.6 is 34.4 Å². The van der Waals surface area contributed by atoms with Crippen molar-refractivity contribution < 1.29 is 19.5 Å². The van der Waals surface area contributed by atoms with E-state index in [0.717, 1.165) is 34.0 Å². The summed E-state index contributed by atoms with van der Waals surface area (Å²) in [4.78, 5) is 0. The largest absolute Gasteiger partial charge is 2.00 e. The number of rotatable bonds is 10. The first-order valence-electron chi connectivity index (χ1n) is 21.0. The van der Waals surface area contributed by atoms with Gasteiger partial charge in [0.2, 0.25) is 0 Å². The zero-order valence-electron chi connectivity index (χ0n) is 30.2. The minimum atomic E-state index is -2.55. The van der Waals surface area contributed by atoms with Gasteiger partial charge in [-0.3, -0.25) is 0 Å². The van der Waals surface area contributed by atoms with Crippen molar-refractivity contribution in [3.8, 4) is 0 Å². The average molecular weight is 801 g/mol. The van der Waals surface area contributed by atoms with Crippen LogP contribution in [0.1, 0.15) is 200 Å². The van der Waals surface area contributed by atoms with Crippen LogP contribution in [0, 0.1) is 0 Å². The Balaban J connectivity index is 0.00000417. The van der Waals surface area contributed by atoms with Crippen LogP contribution in [0.5, 0.6) is 0 Å². The summed E-state index contributed by atoms with van der Waals surface area (Å²) in [5, 5.41) is 0.